The van der Waals surface area contributed by atoms with Crippen molar-refractivity contribution in [1.29, 1.82) is 0 Å². The average Bonchev–Trinajstić information content (AvgIpc) is 2.37. The average molecular weight is 259 g/mol. The summed E-state index contributed by atoms with van der Waals surface area (Å²) in [6.45, 7) is 11.7. The fraction of sp³-hybridized carbons (Fsp3) is 0.667. The quantitative estimate of drug-likeness (QED) is 0.735. The van der Waals surface area contributed by atoms with Gasteiger partial charge in [-0.15, -0.1) is 0 Å². The van der Waals surface area contributed by atoms with E-state index in [1.54, 1.807) is 0 Å². The summed E-state index contributed by atoms with van der Waals surface area (Å²) in [5.74, 6) is 0.945. The molecule has 1 saturated heterocycles. The maximum absolute atomic E-state index is 2.55. The molecule has 19 heavy (non-hydrogen) atoms. The maximum Gasteiger partial charge on any atom is 0.0366 e. The van der Waals surface area contributed by atoms with Gasteiger partial charge in [-0.2, -0.15) is 0 Å². The second-order valence-electron chi connectivity index (χ2n) is 7.37. The molecular formula is C18H29N. The summed E-state index contributed by atoms with van der Waals surface area (Å²) in [6, 6.07) is 8.98. The van der Waals surface area contributed by atoms with Crippen molar-refractivity contribution in [2.75, 3.05) is 18.0 Å². The Kier molecular flexibility index (Phi) is 4.54. The minimum Gasteiger partial charge on any atom is -0.372 e. The van der Waals surface area contributed by atoms with Crippen LogP contribution in [0.15, 0.2) is 24.3 Å². The van der Waals surface area contributed by atoms with Crippen molar-refractivity contribution in [3.63, 3.8) is 0 Å². The number of aryl methyl sites for hydroxylation is 1. The van der Waals surface area contributed by atoms with Crippen LogP contribution < -0.4 is 4.90 Å². The topological polar surface area (TPSA) is 3.24 Å². The zero-order valence-electron chi connectivity index (χ0n) is 13.1. The number of rotatable bonds is 3. The third-order valence-corrected chi connectivity index (χ3v) is 4.32. The van der Waals surface area contributed by atoms with Crippen molar-refractivity contribution in [2.45, 2.75) is 53.4 Å². The van der Waals surface area contributed by atoms with Gasteiger partial charge in [0.1, 0.15) is 0 Å². The Labute approximate surface area is 119 Å². The molecule has 0 spiro atoms. The lowest BCUT2D eigenvalue weighted by Crippen LogP contribution is -2.33. The van der Waals surface area contributed by atoms with E-state index in [-0.39, 0.29) is 0 Å². The Bertz CT molecular complexity index is 377. The predicted molar refractivity (Wildman–Crippen MR) is 84.8 cm³/mol. The van der Waals surface area contributed by atoms with Gasteiger partial charge in [0.15, 0.2) is 0 Å². The zero-order chi connectivity index (χ0) is 13.9. The summed E-state index contributed by atoms with van der Waals surface area (Å²) in [4.78, 5) is 2.55. The number of benzene rings is 1. The highest BCUT2D eigenvalue weighted by Crippen LogP contribution is 2.30. The van der Waals surface area contributed by atoms with Crippen molar-refractivity contribution in [1.82, 2.24) is 0 Å². The second-order valence-corrected chi connectivity index (χ2v) is 7.37. The zero-order valence-corrected chi connectivity index (χ0v) is 13.1. The molecule has 0 atom stereocenters. The summed E-state index contributed by atoms with van der Waals surface area (Å²) >= 11 is 0. The van der Waals surface area contributed by atoms with E-state index in [0.29, 0.717) is 5.41 Å². The summed E-state index contributed by atoms with van der Waals surface area (Å²) in [7, 11) is 0. The highest BCUT2D eigenvalue weighted by molar-refractivity contribution is 5.47. The number of nitrogens with zero attached hydrogens (tertiary/aromatic N) is 1. The smallest absolute Gasteiger partial charge is 0.0366 e. The van der Waals surface area contributed by atoms with Crippen molar-refractivity contribution in [3.8, 4) is 0 Å². The monoisotopic (exact) mass is 259 g/mol. The minimum absolute atomic E-state index is 0.494. The van der Waals surface area contributed by atoms with Crippen LogP contribution in [0.25, 0.3) is 0 Å². The van der Waals surface area contributed by atoms with Crippen LogP contribution in [0, 0.1) is 18.3 Å². The molecule has 0 amide bonds. The van der Waals surface area contributed by atoms with E-state index in [2.05, 4.69) is 56.9 Å². The molecule has 1 aromatic rings. The Morgan fingerprint density at radius 2 is 1.63 bits per heavy atom. The van der Waals surface area contributed by atoms with Gasteiger partial charge in [0.05, 0.1) is 0 Å². The van der Waals surface area contributed by atoms with Gasteiger partial charge in [0, 0.05) is 18.8 Å². The van der Waals surface area contributed by atoms with Crippen LogP contribution in [0.2, 0.25) is 0 Å². The summed E-state index contributed by atoms with van der Waals surface area (Å²) in [6.07, 6.45) is 5.50. The summed E-state index contributed by atoms with van der Waals surface area (Å²) in [5.41, 5.74) is 3.25. The standard InChI is InChI=1S/C18H29N/c1-15-5-7-17(8-6-15)19-13-10-16(11-14-19)9-12-18(2,3)4/h5-8,16H,9-14H2,1-4H3. The normalized spacial score (nSPS) is 17.8. The van der Waals surface area contributed by atoms with Gasteiger partial charge in [-0.3, -0.25) is 0 Å². The van der Waals surface area contributed by atoms with E-state index in [1.807, 2.05) is 0 Å². The third kappa shape index (κ3) is 4.56. The molecule has 0 aliphatic carbocycles. The largest absolute Gasteiger partial charge is 0.372 e. The molecule has 0 N–H and O–H groups in total. The Balaban J connectivity index is 1.81. The molecule has 0 saturated carbocycles. The van der Waals surface area contributed by atoms with E-state index in [1.165, 1.54) is 50.0 Å². The molecule has 1 nitrogen and oxygen atoms in total. The van der Waals surface area contributed by atoms with E-state index in [9.17, 15) is 0 Å². The first-order valence-corrected chi connectivity index (χ1v) is 7.76. The van der Waals surface area contributed by atoms with Gasteiger partial charge < -0.3 is 4.90 Å². The fourth-order valence-electron chi connectivity index (χ4n) is 2.87. The van der Waals surface area contributed by atoms with Crippen molar-refractivity contribution >= 4 is 5.69 Å². The van der Waals surface area contributed by atoms with Gasteiger partial charge in [0.2, 0.25) is 0 Å². The Hall–Kier alpha value is -0.980. The first-order valence-electron chi connectivity index (χ1n) is 7.76. The number of piperidine rings is 1. The maximum atomic E-state index is 2.55. The van der Waals surface area contributed by atoms with Gasteiger partial charge in [-0.05, 0) is 56.1 Å². The Morgan fingerprint density at radius 1 is 1.05 bits per heavy atom. The molecule has 0 bridgehead atoms. The first-order chi connectivity index (χ1) is 8.94. The van der Waals surface area contributed by atoms with E-state index in [4.69, 9.17) is 0 Å². The predicted octanol–water partition coefficient (Wildman–Crippen LogP) is 5.04. The number of anilines is 1. The van der Waals surface area contributed by atoms with Gasteiger partial charge in [-0.25, -0.2) is 0 Å². The molecule has 1 fully saturated rings. The van der Waals surface area contributed by atoms with Gasteiger partial charge in [0.25, 0.3) is 0 Å². The van der Waals surface area contributed by atoms with Crippen molar-refractivity contribution in [3.05, 3.63) is 29.8 Å². The number of hydrogen-bond acceptors (Lipinski definition) is 1. The molecular weight excluding hydrogens is 230 g/mol. The van der Waals surface area contributed by atoms with E-state index in [0.717, 1.165) is 5.92 Å². The SMILES string of the molecule is Cc1ccc(N2CCC(CCC(C)(C)C)CC2)cc1. The van der Waals surface area contributed by atoms with Crippen LogP contribution in [0.5, 0.6) is 0 Å². The second kappa shape index (κ2) is 5.98. The van der Waals surface area contributed by atoms with Crippen molar-refractivity contribution < 1.29 is 0 Å². The lowest BCUT2D eigenvalue weighted by atomic mass is 9.83. The van der Waals surface area contributed by atoms with Crippen LogP contribution in [0.3, 0.4) is 0 Å². The van der Waals surface area contributed by atoms with Crippen LogP contribution in [0.4, 0.5) is 5.69 Å². The fourth-order valence-corrected chi connectivity index (χ4v) is 2.87. The van der Waals surface area contributed by atoms with Gasteiger partial charge >= 0.3 is 0 Å². The van der Waals surface area contributed by atoms with Crippen LogP contribution in [0.1, 0.15) is 52.0 Å². The molecule has 1 heterocycles. The molecule has 106 valence electrons. The molecule has 0 radical (unpaired) electrons. The van der Waals surface area contributed by atoms with E-state index < -0.39 is 0 Å². The van der Waals surface area contributed by atoms with Crippen LogP contribution in [-0.4, -0.2) is 13.1 Å². The Morgan fingerprint density at radius 3 is 2.16 bits per heavy atom. The molecule has 1 aliphatic heterocycles. The molecule has 1 aliphatic rings. The lowest BCUT2D eigenvalue weighted by molar-refractivity contribution is 0.292. The summed E-state index contributed by atoms with van der Waals surface area (Å²) < 4.78 is 0. The molecule has 0 aromatic heterocycles. The lowest BCUT2D eigenvalue weighted by Gasteiger charge is -2.34. The minimum atomic E-state index is 0.494. The first kappa shape index (κ1) is 14.4. The highest BCUT2D eigenvalue weighted by atomic mass is 15.1. The van der Waals surface area contributed by atoms with Crippen LogP contribution >= 0.6 is 0 Å². The molecule has 1 aromatic carbocycles. The van der Waals surface area contributed by atoms with Crippen LogP contribution in [-0.2, 0) is 0 Å². The van der Waals surface area contributed by atoms with Gasteiger partial charge in [-0.1, -0.05) is 38.5 Å². The molecule has 0 unspecified atom stereocenters. The third-order valence-electron chi connectivity index (χ3n) is 4.32. The molecule has 1 heteroatoms. The molecule has 2 rings (SSSR count). The highest BCUT2D eigenvalue weighted by Gasteiger charge is 2.21. The van der Waals surface area contributed by atoms with E-state index >= 15 is 0 Å². The van der Waals surface area contributed by atoms with Crippen molar-refractivity contribution in [2.24, 2.45) is 11.3 Å². The number of hydrogen-bond donors (Lipinski definition) is 0. The summed E-state index contributed by atoms with van der Waals surface area (Å²) in [5, 5.41) is 0.